The molecule has 2 rings (SSSR count). The quantitative estimate of drug-likeness (QED) is 0.703. The van der Waals surface area contributed by atoms with Crippen molar-refractivity contribution in [3.63, 3.8) is 0 Å². The maximum Gasteiger partial charge on any atom is 0.314 e. The molecule has 1 heterocycles. The Morgan fingerprint density at radius 1 is 1.50 bits per heavy atom. The van der Waals surface area contributed by atoms with E-state index in [9.17, 15) is 18.0 Å². The highest BCUT2D eigenvalue weighted by Gasteiger charge is 2.59. The van der Waals surface area contributed by atoms with Crippen LogP contribution in [-0.2, 0) is 24.2 Å². The van der Waals surface area contributed by atoms with Gasteiger partial charge in [-0.2, -0.15) is 0 Å². The summed E-state index contributed by atoms with van der Waals surface area (Å²) in [6.07, 6.45) is 3.21. The highest BCUT2D eigenvalue weighted by Crippen LogP contribution is 2.49. The zero-order chi connectivity index (χ0) is 15.1. The van der Waals surface area contributed by atoms with E-state index in [0.29, 0.717) is 6.42 Å². The number of hydrogen-bond acceptors (Lipinski definition) is 5. The van der Waals surface area contributed by atoms with Gasteiger partial charge in [0.1, 0.15) is 5.25 Å². The molecule has 1 saturated heterocycles. The van der Waals surface area contributed by atoms with Crippen molar-refractivity contribution in [3.05, 3.63) is 0 Å². The summed E-state index contributed by atoms with van der Waals surface area (Å²) in [4.78, 5) is 26.0. The fraction of sp³-hybridized carbons (Fsp3) is 0.846. The summed E-state index contributed by atoms with van der Waals surface area (Å²) in [5.41, 5.74) is -0.855. The lowest BCUT2D eigenvalue weighted by atomic mass is 9.74. The van der Waals surface area contributed by atoms with Crippen LogP contribution in [0.5, 0.6) is 0 Å². The molecule has 0 radical (unpaired) electrons. The molecular weight excluding hydrogens is 282 g/mol. The molecule has 6 nitrogen and oxygen atoms in total. The summed E-state index contributed by atoms with van der Waals surface area (Å²) in [5, 5.41) is -1.13. The van der Waals surface area contributed by atoms with Gasteiger partial charge in [0.05, 0.1) is 12.0 Å². The number of fused-ring (bicyclic) bond motifs is 1. The second-order valence-electron chi connectivity index (χ2n) is 5.76. The Balaban J connectivity index is 2.43. The zero-order valence-corrected chi connectivity index (χ0v) is 12.9. The number of nitrogens with zero attached hydrogens (tertiary/aromatic N) is 1. The van der Waals surface area contributed by atoms with Crippen LogP contribution in [0.15, 0.2) is 0 Å². The summed E-state index contributed by atoms with van der Waals surface area (Å²) < 4.78 is 28.9. The SMILES string of the molecule is CCOC(=O)[C@]12CCC[C@H]1N(C)C(=O)C(S(C)(=O)=O)C2. The predicted octanol–water partition coefficient (Wildman–Crippen LogP) is 0.364. The monoisotopic (exact) mass is 303 g/mol. The molecule has 0 spiro atoms. The van der Waals surface area contributed by atoms with E-state index in [1.807, 2.05) is 0 Å². The van der Waals surface area contributed by atoms with Crippen molar-refractivity contribution in [3.8, 4) is 0 Å². The molecule has 1 aliphatic carbocycles. The standard InChI is InChI=1S/C13H21NO5S/c1-4-19-12(16)13-7-5-6-10(13)14(2)11(15)9(8-13)20(3,17)18/h9-10H,4-8H2,1-3H3/t9?,10-,13+/m1/s1. The van der Waals surface area contributed by atoms with Crippen LogP contribution in [0.3, 0.4) is 0 Å². The minimum absolute atomic E-state index is 0.0541. The van der Waals surface area contributed by atoms with E-state index in [4.69, 9.17) is 4.74 Å². The number of hydrogen-bond donors (Lipinski definition) is 0. The van der Waals surface area contributed by atoms with Gasteiger partial charge in [-0.3, -0.25) is 9.59 Å². The van der Waals surface area contributed by atoms with Gasteiger partial charge in [-0.05, 0) is 26.2 Å². The predicted molar refractivity (Wildman–Crippen MR) is 72.7 cm³/mol. The molecule has 0 aromatic rings. The smallest absolute Gasteiger partial charge is 0.314 e. The Hall–Kier alpha value is -1.11. The maximum atomic E-state index is 12.4. The average Bonchev–Trinajstić information content (AvgIpc) is 2.78. The van der Waals surface area contributed by atoms with Crippen LogP contribution in [0.1, 0.15) is 32.6 Å². The lowest BCUT2D eigenvalue weighted by Crippen LogP contribution is -2.60. The normalized spacial score (nSPS) is 34.0. The lowest BCUT2D eigenvalue weighted by Gasteiger charge is -2.45. The Labute approximate surface area is 119 Å². The number of sulfone groups is 1. The molecule has 20 heavy (non-hydrogen) atoms. The van der Waals surface area contributed by atoms with Crippen LogP contribution < -0.4 is 0 Å². The molecule has 3 atom stereocenters. The summed E-state index contributed by atoms with van der Waals surface area (Å²) in [6, 6.07) is -0.243. The van der Waals surface area contributed by atoms with Gasteiger partial charge in [-0.25, -0.2) is 8.42 Å². The van der Waals surface area contributed by atoms with Crippen LogP contribution >= 0.6 is 0 Å². The topological polar surface area (TPSA) is 80.8 Å². The first-order chi connectivity index (χ1) is 9.24. The summed E-state index contributed by atoms with van der Waals surface area (Å²) in [5.74, 6) is -0.769. The molecule has 7 heteroatoms. The van der Waals surface area contributed by atoms with Gasteiger partial charge in [0, 0.05) is 19.3 Å². The Bertz CT molecular complexity index is 529. The molecule has 2 fully saturated rings. The second kappa shape index (κ2) is 5.02. The Morgan fingerprint density at radius 3 is 2.70 bits per heavy atom. The van der Waals surface area contributed by atoms with E-state index in [0.717, 1.165) is 19.1 Å². The number of piperidine rings is 1. The Morgan fingerprint density at radius 2 is 2.15 bits per heavy atom. The first-order valence-electron chi connectivity index (χ1n) is 6.87. The number of rotatable bonds is 3. The number of likely N-dealkylation sites (tertiary alicyclic amines) is 1. The van der Waals surface area contributed by atoms with Gasteiger partial charge in [-0.15, -0.1) is 0 Å². The largest absolute Gasteiger partial charge is 0.466 e. The third kappa shape index (κ3) is 2.21. The molecule has 2 aliphatic rings. The fourth-order valence-electron chi connectivity index (χ4n) is 3.59. The third-order valence-electron chi connectivity index (χ3n) is 4.58. The molecule has 0 aromatic carbocycles. The molecular formula is C13H21NO5S. The van der Waals surface area contributed by atoms with Gasteiger partial charge in [0.15, 0.2) is 9.84 Å². The van der Waals surface area contributed by atoms with Gasteiger partial charge >= 0.3 is 5.97 Å². The van der Waals surface area contributed by atoms with E-state index in [1.165, 1.54) is 4.90 Å². The maximum absolute atomic E-state index is 12.4. The summed E-state index contributed by atoms with van der Waals surface area (Å²) in [7, 11) is -1.95. The van der Waals surface area contributed by atoms with Gasteiger partial charge in [0.25, 0.3) is 0 Å². The molecule has 1 unspecified atom stereocenters. The molecule has 0 N–H and O–H groups in total. The van der Waals surface area contributed by atoms with E-state index in [2.05, 4.69) is 0 Å². The number of carbonyl (C=O) groups is 2. The number of esters is 1. The van der Waals surface area contributed by atoms with Gasteiger partial charge in [-0.1, -0.05) is 6.42 Å². The van der Waals surface area contributed by atoms with E-state index in [-0.39, 0.29) is 25.0 Å². The van der Waals surface area contributed by atoms with Crippen LogP contribution in [0.25, 0.3) is 0 Å². The lowest BCUT2D eigenvalue weighted by molar-refractivity contribution is -0.164. The first-order valence-corrected chi connectivity index (χ1v) is 8.82. The summed E-state index contributed by atoms with van der Waals surface area (Å²) in [6.45, 7) is 1.98. The highest BCUT2D eigenvalue weighted by molar-refractivity contribution is 7.92. The van der Waals surface area contributed by atoms with E-state index in [1.54, 1.807) is 14.0 Å². The minimum Gasteiger partial charge on any atom is -0.466 e. The van der Waals surface area contributed by atoms with Crippen LogP contribution in [0.4, 0.5) is 0 Å². The number of carbonyl (C=O) groups excluding carboxylic acids is 2. The molecule has 1 aliphatic heterocycles. The molecule has 0 aromatic heterocycles. The number of amides is 1. The van der Waals surface area contributed by atoms with Crippen molar-refractivity contribution < 1.29 is 22.7 Å². The van der Waals surface area contributed by atoms with Crippen molar-refractivity contribution in [2.45, 2.75) is 43.9 Å². The molecule has 0 bridgehead atoms. The van der Waals surface area contributed by atoms with Crippen LogP contribution in [0, 0.1) is 5.41 Å². The van der Waals surface area contributed by atoms with Crippen LogP contribution in [0.2, 0.25) is 0 Å². The molecule has 114 valence electrons. The average molecular weight is 303 g/mol. The molecule has 1 saturated carbocycles. The fourth-order valence-corrected chi connectivity index (χ4v) is 4.72. The van der Waals surface area contributed by atoms with Crippen LogP contribution in [-0.4, -0.2) is 56.4 Å². The van der Waals surface area contributed by atoms with E-state index < -0.39 is 26.4 Å². The van der Waals surface area contributed by atoms with Gasteiger partial charge in [0.2, 0.25) is 5.91 Å². The van der Waals surface area contributed by atoms with Crippen molar-refractivity contribution in [2.75, 3.05) is 19.9 Å². The summed E-state index contributed by atoms with van der Waals surface area (Å²) >= 11 is 0. The first kappa shape index (κ1) is 15.3. The van der Waals surface area contributed by atoms with Crippen molar-refractivity contribution in [1.82, 2.24) is 4.90 Å². The van der Waals surface area contributed by atoms with Gasteiger partial charge < -0.3 is 9.64 Å². The third-order valence-corrected chi connectivity index (χ3v) is 5.98. The van der Waals surface area contributed by atoms with Crippen molar-refractivity contribution in [1.29, 1.82) is 0 Å². The minimum atomic E-state index is -3.53. The van der Waals surface area contributed by atoms with Crippen molar-refractivity contribution >= 4 is 21.7 Å². The second-order valence-corrected chi connectivity index (χ2v) is 7.98. The van der Waals surface area contributed by atoms with E-state index >= 15 is 0 Å². The zero-order valence-electron chi connectivity index (χ0n) is 12.1. The van der Waals surface area contributed by atoms with Crippen molar-refractivity contribution in [2.24, 2.45) is 5.41 Å². The number of ether oxygens (including phenoxy) is 1. The molecule has 1 amide bonds. The Kier molecular flexibility index (Phi) is 3.83. The highest BCUT2D eigenvalue weighted by atomic mass is 32.2.